The maximum Gasteiger partial charge on any atom is 0.0636 e. The summed E-state index contributed by atoms with van der Waals surface area (Å²) in [4.78, 5) is 10.3. The van der Waals surface area contributed by atoms with Crippen LogP contribution in [0.1, 0.15) is 87.5 Å². The van der Waals surface area contributed by atoms with E-state index in [9.17, 15) is 0 Å². The molecule has 0 atom stereocenters. The van der Waals surface area contributed by atoms with E-state index >= 15 is 0 Å². The first-order valence-electron chi connectivity index (χ1n) is 11.7. The number of hydrogen-bond donors (Lipinski definition) is 0. The van der Waals surface area contributed by atoms with Crippen molar-refractivity contribution in [1.82, 2.24) is 0 Å². The second-order valence-corrected chi connectivity index (χ2v) is 8.57. The molecule has 0 bridgehead atoms. The van der Waals surface area contributed by atoms with Crippen molar-refractivity contribution in [3.63, 3.8) is 0 Å². The second-order valence-electron chi connectivity index (χ2n) is 8.57. The molecule has 3 heteroatoms. The third-order valence-electron chi connectivity index (χ3n) is 5.88. The molecule has 0 aliphatic carbocycles. The molecule has 2 aromatic carbocycles. The standard InChI is InChI=1S/C28H40N2.Pd/c1-7-9-11-12-14-28(30-26-18-16-22(4)24(6)20-26)27(13-10-8-2)29-25-17-15-21(3)23(5)19-25;/h15-20H,7-14H2,1-6H3;. The summed E-state index contributed by atoms with van der Waals surface area (Å²) in [5.74, 6) is 0. The van der Waals surface area contributed by atoms with E-state index in [2.05, 4.69) is 77.9 Å². The van der Waals surface area contributed by atoms with Crippen molar-refractivity contribution < 1.29 is 20.4 Å². The van der Waals surface area contributed by atoms with E-state index in [0.29, 0.717) is 0 Å². The summed E-state index contributed by atoms with van der Waals surface area (Å²) < 4.78 is 0. The molecular weight excluding hydrogens is 471 g/mol. The van der Waals surface area contributed by atoms with Crippen LogP contribution in [0.4, 0.5) is 11.4 Å². The summed E-state index contributed by atoms with van der Waals surface area (Å²) in [6, 6.07) is 13.0. The molecule has 0 amide bonds. The normalized spacial score (nSPS) is 12.1. The molecule has 0 unspecified atom stereocenters. The Labute approximate surface area is 204 Å². The average Bonchev–Trinajstić information content (AvgIpc) is 2.73. The summed E-state index contributed by atoms with van der Waals surface area (Å²) in [6.45, 7) is 13.1. The first-order chi connectivity index (χ1) is 14.4. The fourth-order valence-corrected chi connectivity index (χ4v) is 3.49. The summed E-state index contributed by atoms with van der Waals surface area (Å²) in [7, 11) is 0. The zero-order valence-electron chi connectivity index (χ0n) is 20.3. The van der Waals surface area contributed by atoms with Gasteiger partial charge in [-0.3, -0.25) is 9.98 Å². The largest absolute Gasteiger partial charge is 0.252 e. The van der Waals surface area contributed by atoms with Crippen molar-refractivity contribution in [1.29, 1.82) is 0 Å². The number of aliphatic imine (C=N–C) groups is 2. The Morgan fingerprint density at radius 1 is 0.581 bits per heavy atom. The van der Waals surface area contributed by atoms with Gasteiger partial charge in [0.2, 0.25) is 0 Å². The molecule has 31 heavy (non-hydrogen) atoms. The van der Waals surface area contributed by atoms with E-state index in [1.165, 1.54) is 60.1 Å². The smallest absolute Gasteiger partial charge is 0.0636 e. The van der Waals surface area contributed by atoms with Crippen LogP contribution in [0.2, 0.25) is 0 Å². The van der Waals surface area contributed by atoms with Crippen molar-refractivity contribution in [3.8, 4) is 0 Å². The number of nitrogens with zero attached hydrogens (tertiary/aromatic N) is 2. The molecule has 0 spiro atoms. The number of hydrogen-bond acceptors (Lipinski definition) is 2. The topological polar surface area (TPSA) is 24.7 Å². The molecule has 0 saturated heterocycles. The van der Waals surface area contributed by atoms with Crippen LogP contribution in [0.3, 0.4) is 0 Å². The van der Waals surface area contributed by atoms with Crippen LogP contribution in [-0.2, 0) is 20.4 Å². The number of aryl methyl sites for hydroxylation is 4. The molecule has 0 radical (unpaired) electrons. The third-order valence-corrected chi connectivity index (χ3v) is 5.88. The van der Waals surface area contributed by atoms with Crippen molar-refractivity contribution >= 4 is 22.8 Å². The van der Waals surface area contributed by atoms with E-state index in [0.717, 1.165) is 36.3 Å². The fraction of sp³-hybridized carbons (Fsp3) is 0.500. The average molecular weight is 511 g/mol. The minimum absolute atomic E-state index is 0. The van der Waals surface area contributed by atoms with Crippen LogP contribution < -0.4 is 0 Å². The van der Waals surface area contributed by atoms with Gasteiger partial charge >= 0.3 is 0 Å². The Balaban J connectivity index is 0.00000480. The third kappa shape index (κ3) is 9.22. The van der Waals surface area contributed by atoms with E-state index in [1.807, 2.05) is 0 Å². The molecule has 0 fully saturated rings. The first kappa shape index (κ1) is 27.5. The maximum atomic E-state index is 5.13. The van der Waals surface area contributed by atoms with Gasteiger partial charge in [-0.05, 0) is 99.9 Å². The Bertz CT molecular complexity index is 881. The van der Waals surface area contributed by atoms with Crippen LogP contribution in [0, 0.1) is 27.7 Å². The Morgan fingerprint density at radius 3 is 1.45 bits per heavy atom. The van der Waals surface area contributed by atoms with E-state index < -0.39 is 0 Å². The predicted octanol–water partition coefficient (Wildman–Crippen LogP) is 8.92. The number of unbranched alkanes of at least 4 members (excludes halogenated alkanes) is 4. The minimum atomic E-state index is 0. The van der Waals surface area contributed by atoms with Crippen molar-refractivity contribution in [2.75, 3.05) is 0 Å². The van der Waals surface area contributed by atoms with Gasteiger partial charge in [-0.2, -0.15) is 0 Å². The molecule has 0 aliphatic rings. The molecule has 2 aromatic rings. The summed E-state index contributed by atoms with van der Waals surface area (Å²) in [5, 5.41) is 0. The molecule has 2 nitrogen and oxygen atoms in total. The molecule has 172 valence electrons. The Morgan fingerprint density at radius 2 is 1.03 bits per heavy atom. The molecule has 0 aromatic heterocycles. The quantitative estimate of drug-likeness (QED) is 0.164. The van der Waals surface area contributed by atoms with Gasteiger partial charge in [-0.25, -0.2) is 0 Å². The van der Waals surface area contributed by atoms with Gasteiger partial charge in [-0.15, -0.1) is 0 Å². The van der Waals surface area contributed by atoms with Gasteiger partial charge in [0.05, 0.1) is 22.8 Å². The van der Waals surface area contributed by atoms with E-state index in [-0.39, 0.29) is 20.4 Å². The van der Waals surface area contributed by atoms with E-state index in [4.69, 9.17) is 9.98 Å². The van der Waals surface area contributed by atoms with Gasteiger partial charge in [0, 0.05) is 20.4 Å². The van der Waals surface area contributed by atoms with Gasteiger partial charge in [0.15, 0.2) is 0 Å². The fourth-order valence-electron chi connectivity index (χ4n) is 3.49. The molecule has 2 rings (SSSR count). The van der Waals surface area contributed by atoms with Gasteiger partial charge in [0.1, 0.15) is 0 Å². The molecule has 0 saturated carbocycles. The Kier molecular flexibility index (Phi) is 12.8. The van der Waals surface area contributed by atoms with Crippen LogP contribution >= 0.6 is 0 Å². The molecule has 0 heterocycles. The predicted molar refractivity (Wildman–Crippen MR) is 134 cm³/mol. The molecule has 0 N–H and O–H groups in total. The second kappa shape index (κ2) is 14.5. The Hall–Kier alpha value is -1.56. The van der Waals surface area contributed by atoms with Gasteiger partial charge in [0.25, 0.3) is 0 Å². The number of rotatable bonds is 11. The SMILES string of the molecule is CCCCCCC(=Nc1ccc(C)c(C)c1)C(CCCC)=Nc1ccc(C)c(C)c1.[Pd]. The summed E-state index contributed by atoms with van der Waals surface area (Å²) in [6.07, 6.45) is 9.27. The van der Waals surface area contributed by atoms with Crippen molar-refractivity contribution in [2.24, 2.45) is 9.98 Å². The van der Waals surface area contributed by atoms with Crippen LogP contribution in [0.25, 0.3) is 0 Å². The molecular formula is C28H40N2Pd. The van der Waals surface area contributed by atoms with Crippen molar-refractivity contribution in [3.05, 3.63) is 58.7 Å². The first-order valence-corrected chi connectivity index (χ1v) is 11.7. The van der Waals surface area contributed by atoms with Gasteiger partial charge < -0.3 is 0 Å². The zero-order chi connectivity index (χ0) is 21.9. The van der Waals surface area contributed by atoms with Gasteiger partial charge in [-0.1, -0.05) is 51.7 Å². The monoisotopic (exact) mass is 510 g/mol. The summed E-state index contributed by atoms with van der Waals surface area (Å²) in [5.41, 5.74) is 9.64. The van der Waals surface area contributed by atoms with Crippen molar-refractivity contribution in [2.45, 2.75) is 92.9 Å². The molecule has 0 aliphatic heterocycles. The summed E-state index contributed by atoms with van der Waals surface area (Å²) >= 11 is 0. The van der Waals surface area contributed by atoms with Crippen LogP contribution in [-0.4, -0.2) is 11.4 Å². The number of benzene rings is 2. The van der Waals surface area contributed by atoms with Crippen LogP contribution in [0.5, 0.6) is 0 Å². The zero-order valence-corrected chi connectivity index (χ0v) is 21.9. The van der Waals surface area contributed by atoms with E-state index in [1.54, 1.807) is 0 Å². The maximum absolute atomic E-state index is 5.13. The minimum Gasteiger partial charge on any atom is -0.252 e. The van der Waals surface area contributed by atoms with Crippen LogP contribution in [0.15, 0.2) is 46.4 Å².